The van der Waals surface area contributed by atoms with E-state index in [2.05, 4.69) is 15.3 Å². The van der Waals surface area contributed by atoms with Crippen molar-refractivity contribution in [3.8, 4) is 0 Å². The van der Waals surface area contributed by atoms with E-state index in [1.165, 1.54) is 12.3 Å². The fourth-order valence-corrected chi connectivity index (χ4v) is 1.94. The molecule has 0 aliphatic rings. The number of benzene rings is 1. The van der Waals surface area contributed by atoms with Crippen molar-refractivity contribution in [2.24, 2.45) is 0 Å². The summed E-state index contributed by atoms with van der Waals surface area (Å²) in [5, 5.41) is 3.05. The standard InChI is InChI=1S/C10H9ClN4O2S/c11-6-5-13-10(12)15-9(6)14-7-3-1-2-4-8(7)18(16)17/h1-5H,(H,16,17)(H3,12,13,14,15)/p-1. The van der Waals surface area contributed by atoms with Gasteiger partial charge >= 0.3 is 0 Å². The summed E-state index contributed by atoms with van der Waals surface area (Å²) in [6.45, 7) is 0. The van der Waals surface area contributed by atoms with Crippen molar-refractivity contribution >= 4 is 40.1 Å². The Morgan fingerprint density at radius 3 is 2.83 bits per heavy atom. The summed E-state index contributed by atoms with van der Waals surface area (Å²) in [5.74, 6) is 0.296. The molecule has 0 aliphatic carbocycles. The van der Waals surface area contributed by atoms with E-state index in [0.717, 1.165) is 0 Å². The predicted molar refractivity (Wildman–Crippen MR) is 68.4 cm³/mol. The van der Waals surface area contributed by atoms with E-state index in [9.17, 15) is 8.76 Å². The zero-order chi connectivity index (χ0) is 13.1. The summed E-state index contributed by atoms with van der Waals surface area (Å²) in [4.78, 5) is 7.72. The van der Waals surface area contributed by atoms with Gasteiger partial charge in [0.05, 0.1) is 11.9 Å². The fraction of sp³-hybridized carbons (Fsp3) is 0. The molecule has 0 bridgehead atoms. The van der Waals surface area contributed by atoms with Gasteiger partial charge in [-0.25, -0.2) is 4.98 Å². The largest absolute Gasteiger partial charge is 0.768 e. The van der Waals surface area contributed by atoms with Crippen molar-refractivity contribution in [1.82, 2.24) is 9.97 Å². The second-order valence-electron chi connectivity index (χ2n) is 3.28. The molecule has 2 rings (SSSR count). The van der Waals surface area contributed by atoms with Gasteiger partial charge in [-0.3, -0.25) is 4.21 Å². The highest BCUT2D eigenvalue weighted by molar-refractivity contribution is 7.79. The quantitative estimate of drug-likeness (QED) is 0.831. The summed E-state index contributed by atoms with van der Waals surface area (Å²) in [6.07, 6.45) is 1.34. The molecule has 18 heavy (non-hydrogen) atoms. The first-order chi connectivity index (χ1) is 8.58. The van der Waals surface area contributed by atoms with Crippen LogP contribution in [-0.4, -0.2) is 18.7 Å². The second kappa shape index (κ2) is 5.30. The van der Waals surface area contributed by atoms with Crippen molar-refractivity contribution < 1.29 is 8.76 Å². The molecule has 0 saturated heterocycles. The zero-order valence-corrected chi connectivity index (χ0v) is 10.5. The molecule has 94 valence electrons. The van der Waals surface area contributed by atoms with Crippen LogP contribution >= 0.6 is 11.6 Å². The van der Waals surface area contributed by atoms with Crippen LogP contribution in [0.1, 0.15) is 0 Å². The summed E-state index contributed by atoms with van der Waals surface area (Å²) < 4.78 is 22.1. The number of nitrogens with zero attached hydrogens (tertiary/aromatic N) is 2. The molecule has 0 aliphatic heterocycles. The first kappa shape index (κ1) is 12.7. The highest BCUT2D eigenvalue weighted by Gasteiger charge is 2.07. The van der Waals surface area contributed by atoms with Crippen molar-refractivity contribution in [3.05, 3.63) is 35.5 Å². The van der Waals surface area contributed by atoms with Gasteiger partial charge in [-0.1, -0.05) is 23.7 Å². The van der Waals surface area contributed by atoms with Crippen molar-refractivity contribution in [1.29, 1.82) is 0 Å². The molecular weight excluding hydrogens is 276 g/mol. The highest BCUT2D eigenvalue weighted by atomic mass is 35.5. The van der Waals surface area contributed by atoms with E-state index >= 15 is 0 Å². The predicted octanol–water partition coefficient (Wildman–Crippen LogP) is 1.69. The van der Waals surface area contributed by atoms with Crippen LogP contribution in [0.5, 0.6) is 0 Å². The highest BCUT2D eigenvalue weighted by Crippen LogP contribution is 2.26. The van der Waals surface area contributed by atoms with Gasteiger partial charge in [0.2, 0.25) is 5.95 Å². The molecule has 1 atom stereocenters. The lowest BCUT2D eigenvalue weighted by atomic mass is 10.3. The maximum absolute atomic E-state index is 11.0. The van der Waals surface area contributed by atoms with Crippen LogP contribution in [0, 0.1) is 0 Å². The molecule has 1 heterocycles. The lowest BCUT2D eigenvalue weighted by Gasteiger charge is -2.13. The molecule has 6 nitrogen and oxygen atoms in total. The Morgan fingerprint density at radius 1 is 1.39 bits per heavy atom. The monoisotopic (exact) mass is 283 g/mol. The van der Waals surface area contributed by atoms with E-state index in [0.29, 0.717) is 5.69 Å². The average molecular weight is 284 g/mol. The Labute approximate surface area is 110 Å². The third kappa shape index (κ3) is 2.76. The van der Waals surface area contributed by atoms with Crippen LogP contribution in [0.2, 0.25) is 5.02 Å². The second-order valence-corrected chi connectivity index (χ2v) is 4.60. The van der Waals surface area contributed by atoms with Gasteiger partial charge in [-0.05, 0) is 23.2 Å². The van der Waals surface area contributed by atoms with Crippen molar-refractivity contribution in [2.45, 2.75) is 4.90 Å². The molecule has 3 N–H and O–H groups in total. The molecule has 0 amide bonds. The summed E-state index contributed by atoms with van der Waals surface area (Å²) in [7, 11) is 0. The van der Waals surface area contributed by atoms with Crippen LogP contribution < -0.4 is 11.1 Å². The molecule has 8 heteroatoms. The third-order valence-electron chi connectivity index (χ3n) is 2.08. The number of nitrogen functional groups attached to an aromatic ring is 1. The SMILES string of the molecule is Nc1ncc(Cl)c(Nc2ccccc2S(=O)[O-])n1. The molecule has 0 fully saturated rings. The van der Waals surface area contributed by atoms with Gasteiger partial charge in [0.15, 0.2) is 5.82 Å². The number of hydrogen-bond acceptors (Lipinski definition) is 6. The molecule has 0 radical (unpaired) electrons. The number of nitrogens with one attached hydrogen (secondary N) is 1. The van der Waals surface area contributed by atoms with Crippen LogP contribution in [0.15, 0.2) is 35.4 Å². The minimum Gasteiger partial charge on any atom is -0.768 e. The number of anilines is 3. The minimum atomic E-state index is -2.36. The van der Waals surface area contributed by atoms with Gasteiger partial charge in [-0.2, -0.15) is 4.98 Å². The lowest BCUT2D eigenvalue weighted by Crippen LogP contribution is -2.03. The summed E-state index contributed by atoms with van der Waals surface area (Å²) in [6, 6.07) is 6.37. The topological polar surface area (TPSA) is 104 Å². The molecule has 2 aromatic rings. The van der Waals surface area contributed by atoms with Gasteiger partial charge in [-0.15, -0.1) is 0 Å². The Morgan fingerprint density at radius 2 is 2.11 bits per heavy atom. The van der Waals surface area contributed by atoms with E-state index in [4.69, 9.17) is 17.3 Å². The van der Waals surface area contributed by atoms with E-state index in [1.807, 2.05) is 0 Å². The normalized spacial score (nSPS) is 12.1. The maximum Gasteiger partial charge on any atom is 0.222 e. The van der Waals surface area contributed by atoms with E-state index < -0.39 is 11.1 Å². The Bertz CT molecular complexity index is 608. The first-order valence-electron chi connectivity index (χ1n) is 4.81. The Balaban J connectivity index is 2.40. The number of rotatable bonds is 3. The number of para-hydroxylation sites is 1. The minimum absolute atomic E-state index is 0.0441. The number of aromatic nitrogens is 2. The Hall–Kier alpha value is -1.70. The molecular formula is C10H8ClN4O2S-. The van der Waals surface area contributed by atoms with Crippen LogP contribution in [0.3, 0.4) is 0 Å². The molecule has 1 aromatic heterocycles. The lowest BCUT2D eigenvalue weighted by molar-refractivity contribution is 0.537. The Kier molecular flexibility index (Phi) is 3.75. The maximum atomic E-state index is 11.0. The third-order valence-corrected chi connectivity index (χ3v) is 3.07. The van der Waals surface area contributed by atoms with E-state index in [1.54, 1.807) is 18.2 Å². The van der Waals surface area contributed by atoms with Crippen LogP contribution in [0.4, 0.5) is 17.5 Å². The zero-order valence-electron chi connectivity index (χ0n) is 8.96. The average Bonchev–Trinajstić information content (AvgIpc) is 2.34. The first-order valence-corrected chi connectivity index (χ1v) is 6.26. The number of hydrogen-bond donors (Lipinski definition) is 2. The van der Waals surface area contributed by atoms with Crippen LogP contribution in [-0.2, 0) is 11.1 Å². The van der Waals surface area contributed by atoms with Crippen molar-refractivity contribution in [2.75, 3.05) is 11.1 Å². The number of nitrogens with two attached hydrogens (primary N) is 1. The number of halogens is 1. The summed E-state index contributed by atoms with van der Waals surface area (Å²) >= 11 is 3.52. The molecule has 1 unspecified atom stereocenters. The summed E-state index contributed by atoms with van der Waals surface area (Å²) in [5.41, 5.74) is 5.80. The van der Waals surface area contributed by atoms with Gasteiger partial charge in [0, 0.05) is 4.90 Å². The molecule has 0 saturated carbocycles. The van der Waals surface area contributed by atoms with Crippen molar-refractivity contribution in [3.63, 3.8) is 0 Å². The van der Waals surface area contributed by atoms with Crippen LogP contribution in [0.25, 0.3) is 0 Å². The molecule has 0 spiro atoms. The van der Waals surface area contributed by atoms with E-state index in [-0.39, 0.29) is 21.7 Å². The van der Waals surface area contributed by atoms with Gasteiger partial charge in [0.25, 0.3) is 0 Å². The fourth-order valence-electron chi connectivity index (χ4n) is 1.31. The molecule has 1 aromatic carbocycles. The smallest absolute Gasteiger partial charge is 0.222 e. The van der Waals surface area contributed by atoms with Gasteiger partial charge < -0.3 is 15.6 Å². The van der Waals surface area contributed by atoms with Gasteiger partial charge in [0.1, 0.15) is 5.02 Å².